The largest absolute Gasteiger partial charge is 0.390 e. The molecule has 0 atom stereocenters. The standard InChI is InChI=1S/C10H18N2O2S/c1-3-4-14-5-6-15-10-11-7-9(8-13)12(10)2/h7,13H,3-6,8H2,1-2H3. The Hall–Kier alpha value is -0.520. The lowest BCUT2D eigenvalue weighted by Gasteiger charge is -2.04. The molecule has 0 radical (unpaired) electrons. The van der Waals surface area contributed by atoms with E-state index in [9.17, 15) is 0 Å². The van der Waals surface area contributed by atoms with Gasteiger partial charge in [-0.3, -0.25) is 0 Å². The summed E-state index contributed by atoms with van der Waals surface area (Å²) in [5.74, 6) is 0.899. The number of nitrogens with zero attached hydrogens (tertiary/aromatic N) is 2. The molecule has 0 unspecified atom stereocenters. The molecule has 0 fully saturated rings. The number of ether oxygens (including phenoxy) is 1. The first-order valence-corrected chi connectivity index (χ1v) is 6.10. The molecular formula is C10H18N2O2S. The zero-order valence-corrected chi connectivity index (χ0v) is 10.1. The predicted octanol–water partition coefficient (Wildman–Crippen LogP) is 1.43. The van der Waals surface area contributed by atoms with Crippen LogP contribution in [-0.4, -0.2) is 33.6 Å². The number of imidazole rings is 1. The fourth-order valence-corrected chi connectivity index (χ4v) is 1.97. The van der Waals surface area contributed by atoms with Crippen molar-refractivity contribution in [3.8, 4) is 0 Å². The van der Waals surface area contributed by atoms with Crippen molar-refractivity contribution < 1.29 is 9.84 Å². The second-order valence-corrected chi connectivity index (χ2v) is 4.27. The highest BCUT2D eigenvalue weighted by Gasteiger charge is 2.05. The van der Waals surface area contributed by atoms with E-state index >= 15 is 0 Å². The van der Waals surface area contributed by atoms with Crippen molar-refractivity contribution >= 4 is 11.8 Å². The van der Waals surface area contributed by atoms with Gasteiger partial charge in [-0.05, 0) is 6.42 Å². The number of rotatable bonds is 7. The molecule has 0 saturated heterocycles. The number of thioether (sulfide) groups is 1. The maximum Gasteiger partial charge on any atom is 0.168 e. The molecule has 0 aromatic carbocycles. The van der Waals surface area contributed by atoms with Crippen LogP contribution in [0, 0.1) is 0 Å². The van der Waals surface area contributed by atoms with Crippen LogP contribution >= 0.6 is 11.8 Å². The Kier molecular flexibility index (Phi) is 5.75. The summed E-state index contributed by atoms with van der Waals surface area (Å²) < 4.78 is 7.28. The van der Waals surface area contributed by atoms with Gasteiger partial charge in [0.05, 0.1) is 25.1 Å². The summed E-state index contributed by atoms with van der Waals surface area (Å²) in [6, 6.07) is 0. The Labute approximate surface area is 94.7 Å². The van der Waals surface area contributed by atoms with Gasteiger partial charge in [-0.2, -0.15) is 0 Å². The first kappa shape index (κ1) is 12.5. The van der Waals surface area contributed by atoms with Crippen LogP contribution in [0.3, 0.4) is 0 Å². The molecule has 15 heavy (non-hydrogen) atoms. The predicted molar refractivity (Wildman–Crippen MR) is 61.0 cm³/mol. The van der Waals surface area contributed by atoms with Gasteiger partial charge < -0.3 is 14.4 Å². The van der Waals surface area contributed by atoms with E-state index in [1.54, 1.807) is 18.0 Å². The Morgan fingerprint density at radius 3 is 2.93 bits per heavy atom. The van der Waals surface area contributed by atoms with Crippen LogP contribution in [0.25, 0.3) is 0 Å². The zero-order chi connectivity index (χ0) is 11.1. The van der Waals surface area contributed by atoms with Crippen molar-refractivity contribution in [2.24, 2.45) is 7.05 Å². The number of hydrogen-bond acceptors (Lipinski definition) is 4. The zero-order valence-electron chi connectivity index (χ0n) is 9.27. The van der Waals surface area contributed by atoms with Gasteiger partial charge in [0.1, 0.15) is 0 Å². The highest BCUT2D eigenvalue weighted by molar-refractivity contribution is 7.99. The molecule has 1 heterocycles. The Morgan fingerprint density at radius 1 is 1.53 bits per heavy atom. The van der Waals surface area contributed by atoms with Gasteiger partial charge in [-0.15, -0.1) is 0 Å². The van der Waals surface area contributed by atoms with Gasteiger partial charge in [0.2, 0.25) is 0 Å². The molecule has 0 aliphatic heterocycles. The Bertz CT molecular complexity index is 289. The lowest BCUT2D eigenvalue weighted by Crippen LogP contribution is -2.01. The molecule has 5 heteroatoms. The maximum absolute atomic E-state index is 8.98. The minimum atomic E-state index is 0.0381. The van der Waals surface area contributed by atoms with Gasteiger partial charge in [0, 0.05) is 19.4 Å². The topological polar surface area (TPSA) is 47.3 Å². The van der Waals surface area contributed by atoms with Crippen molar-refractivity contribution in [2.45, 2.75) is 25.1 Å². The highest BCUT2D eigenvalue weighted by Crippen LogP contribution is 2.16. The molecule has 0 aliphatic carbocycles. The smallest absolute Gasteiger partial charge is 0.168 e. The molecule has 1 aromatic heterocycles. The first-order chi connectivity index (χ1) is 7.29. The lowest BCUT2D eigenvalue weighted by atomic mass is 10.5. The molecule has 1 N–H and O–H groups in total. The van der Waals surface area contributed by atoms with Crippen molar-refractivity contribution in [1.29, 1.82) is 0 Å². The van der Waals surface area contributed by atoms with E-state index in [0.29, 0.717) is 0 Å². The van der Waals surface area contributed by atoms with Crippen LogP contribution in [0.15, 0.2) is 11.4 Å². The second kappa shape index (κ2) is 6.87. The van der Waals surface area contributed by atoms with Crippen LogP contribution in [0.5, 0.6) is 0 Å². The van der Waals surface area contributed by atoms with E-state index in [1.165, 1.54) is 0 Å². The number of aromatic nitrogens is 2. The van der Waals surface area contributed by atoms with Gasteiger partial charge >= 0.3 is 0 Å². The Balaban J connectivity index is 2.28. The highest BCUT2D eigenvalue weighted by atomic mass is 32.2. The van der Waals surface area contributed by atoms with Crippen LogP contribution in [0.4, 0.5) is 0 Å². The summed E-state index contributed by atoms with van der Waals surface area (Å²) in [5, 5.41) is 9.91. The van der Waals surface area contributed by atoms with E-state index in [4.69, 9.17) is 9.84 Å². The molecule has 4 nitrogen and oxygen atoms in total. The maximum atomic E-state index is 8.98. The number of hydrogen-bond donors (Lipinski definition) is 1. The average Bonchev–Trinajstić information content (AvgIpc) is 2.60. The fourth-order valence-electron chi connectivity index (χ4n) is 1.15. The molecule has 0 amide bonds. The summed E-state index contributed by atoms with van der Waals surface area (Å²) in [5.41, 5.74) is 0.840. The van der Waals surface area contributed by atoms with E-state index in [2.05, 4.69) is 11.9 Å². The second-order valence-electron chi connectivity index (χ2n) is 3.21. The first-order valence-electron chi connectivity index (χ1n) is 5.11. The molecule has 0 spiro atoms. The normalized spacial score (nSPS) is 10.9. The minimum absolute atomic E-state index is 0.0381. The Morgan fingerprint density at radius 2 is 2.33 bits per heavy atom. The van der Waals surface area contributed by atoms with E-state index < -0.39 is 0 Å². The minimum Gasteiger partial charge on any atom is -0.390 e. The lowest BCUT2D eigenvalue weighted by molar-refractivity contribution is 0.151. The van der Waals surface area contributed by atoms with Crippen molar-refractivity contribution in [2.75, 3.05) is 19.0 Å². The molecule has 0 saturated carbocycles. The monoisotopic (exact) mass is 230 g/mol. The summed E-state index contributed by atoms with van der Waals surface area (Å²) in [6.45, 7) is 3.71. The quantitative estimate of drug-likeness (QED) is 0.568. The number of aliphatic hydroxyl groups excluding tert-OH is 1. The third-order valence-electron chi connectivity index (χ3n) is 2.01. The summed E-state index contributed by atoms with van der Waals surface area (Å²) in [7, 11) is 1.91. The van der Waals surface area contributed by atoms with E-state index in [0.717, 1.165) is 36.2 Å². The van der Waals surface area contributed by atoms with Gasteiger partial charge in [-0.1, -0.05) is 18.7 Å². The average molecular weight is 230 g/mol. The summed E-state index contributed by atoms with van der Waals surface area (Å²) in [6.07, 6.45) is 2.76. The fraction of sp³-hybridized carbons (Fsp3) is 0.700. The van der Waals surface area contributed by atoms with Crippen molar-refractivity contribution in [3.05, 3.63) is 11.9 Å². The van der Waals surface area contributed by atoms with Crippen LogP contribution in [0.2, 0.25) is 0 Å². The molecule has 1 aromatic rings. The third-order valence-corrected chi connectivity index (χ3v) is 3.02. The van der Waals surface area contributed by atoms with Gasteiger partial charge in [0.25, 0.3) is 0 Å². The molecule has 1 rings (SSSR count). The van der Waals surface area contributed by atoms with Crippen LogP contribution < -0.4 is 0 Å². The molecule has 0 aliphatic rings. The summed E-state index contributed by atoms with van der Waals surface area (Å²) >= 11 is 1.65. The molecular weight excluding hydrogens is 212 g/mol. The molecule has 0 bridgehead atoms. The molecule has 86 valence electrons. The van der Waals surface area contributed by atoms with Crippen LogP contribution in [-0.2, 0) is 18.4 Å². The van der Waals surface area contributed by atoms with E-state index in [1.807, 2.05) is 11.6 Å². The van der Waals surface area contributed by atoms with E-state index in [-0.39, 0.29) is 6.61 Å². The van der Waals surface area contributed by atoms with Crippen LogP contribution in [0.1, 0.15) is 19.0 Å². The third kappa shape index (κ3) is 3.85. The van der Waals surface area contributed by atoms with Gasteiger partial charge in [-0.25, -0.2) is 4.98 Å². The van der Waals surface area contributed by atoms with Crippen molar-refractivity contribution in [1.82, 2.24) is 9.55 Å². The number of aliphatic hydroxyl groups is 1. The van der Waals surface area contributed by atoms with Crippen molar-refractivity contribution in [3.63, 3.8) is 0 Å². The SMILES string of the molecule is CCCOCCSc1ncc(CO)n1C. The summed E-state index contributed by atoms with van der Waals surface area (Å²) in [4.78, 5) is 4.21. The van der Waals surface area contributed by atoms with Gasteiger partial charge in [0.15, 0.2) is 5.16 Å².